The van der Waals surface area contributed by atoms with Gasteiger partial charge >= 0.3 is 0 Å². The number of hydrogen-bond acceptors (Lipinski definition) is 4. The zero-order valence-electron chi connectivity index (χ0n) is 10.3. The third-order valence-electron chi connectivity index (χ3n) is 2.32. The van der Waals surface area contributed by atoms with Gasteiger partial charge < -0.3 is 14.2 Å². The highest BCUT2D eigenvalue weighted by Crippen LogP contribution is 2.15. The minimum Gasteiger partial charge on any atom is -0.460 e. The Kier molecular flexibility index (Phi) is 4.81. The maximum absolute atomic E-state index is 10.3. The van der Waals surface area contributed by atoms with Crippen LogP contribution in [0.3, 0.4) is 0 Å². The van der Waals surface area contributed by atoms with Gasteiger partial charge in [-0.25, -0.2) is 0 Å². The molecule has 4 heteroatoms. The molecule has 0 saturated carbocycles. The second kappa shape index (κ2) is 7.06. The molecule has 4 nitrogen and oxygen atoms in total. The maximum Gasteiger partial charge on any atom is 0.293 e. The Labute approximate surface area is 111 Å². The highest BCUT2D eigenvalue weighted by molar-refractivity contribution is 5.37. The standard InChI is InChI=1S/C15H14O4/c16-12-17-11-15(18-13-7-3-1-4-8-13)19-14-9-5-2-6-10-14/h1-10,12,15H,11H2. The van der Waals surface area contributed by atoms with Crippen molar-refractivity contribution in [1.29, 1.82) is 0 Å². The molecule has 0 spiro atoms. The summed E-state index contributed by atoms with van der Waals surface area (Å²) >= 11 is 0. The largest absolute Gasteiger partial charge is 0.460 e. The molecule has 19 heavy (non-hydrogen) atoms. The molecule has 0 saturated heterocycles. The fourth-order valence-corrected chi connectivity index (χ4v) is 1.51. The second-order valence-electron chi connectivity index (χ2n) is 3.72. The smallest absolute Gasteiger partial charge is 0.293 e. The number of hydrogen-bond donors (Lipinski definition) is 0. The first-order valence-corrected chi connectivity index (χ1v) is 5.87. The average Bonchev–Trinajstić information content (AvgIpc) is 2.47. The van der Waals surface area contributed by atoms with Crippen molar-refractivity contribution in [3.63, 3.8) is 0 Å². The van der Waals surface area contributed by atoms with E-state index in [-0.39, 0.29) is 6.61 Å². The molecule has 0 radical (unpaired) electrons. The quantitative estimate of drug-likeness (QED) is 0.565. The van der Waals surface area contributed by atoms with Gasteiger partial charge in [0.15, 0.2) is 6.61 Å². The van der Waals surface area contributed by atoms with E-state index in [0.29, 0.717) is 18.0 Å². The highest BCUT2D eigenvalue weighted by Gasteiger charge is 2.12. The summed E-state index contributed by atoms with van der Waals surface area (Å²) in [5, 5.41) is 0. The van der Waals surface area contributed by atoms with Gasteiger partial charge in [-0.3, -0.25) is 4.79 Å². The Bertz CT molecular complexity index is 443. The molecule has 0 unspecified atom stereocenters. The van der Waals surface area contributed by atoms with Crippen LogP contribution in [0.15, 0.2) is 60.7 Å². The summed E-state index contributed by atoms with van der Waals surface area (Å²) < 4.78 is 15.9. The van der Waals surface area contributed by atoms with Crippen molar-refractivity contribution >= 4 is 6.47 Å². The molecule has 98 valence electrons. The molecule has 2 aromatic carbocycles. The van der Waals surface area contributed by atoms with Gasteiger partial charge in [0.25, 0.3) is 12.8 Å². The van der Waals surface area contributed by atoms with Crippen LogP contribution in [0.5, 0.6) is 11.5 Å². The molecule has 0 aromatic heterocycles. The topological polar surface area (TPSA) is 44.8 Å². The van der Waals surface area contributed by atoms with E-state index in [0.717, 1.165) is 0 Å². The summed E-state index contributed by atoms with van der Waals surface area (Å²) in [7, 11) is 0. The fraction of sp³-hybridized carbons (Fsp3) is 0.133. The summed E-state index contributed by atoms with van der Waals surface area (Å²) in [4.78, 5) is 10.3. The van der Waals surface area contributed by atoms with E-state index >= 15 is 0 Å². The van der Waals surface area contributed by atoms with E-state index in [1.807, 2.05) is 60.7 Å². The lowest BCUT2D eigenvalue weighted by Crippen LogP contribution is -2.29. The minimum atomic E-state index is -0.685. The number of para-hydroxylation sites is 2. The second-order valence-corrected chi connectivity index (χ2v) is 3.72. The van der Waals surface area contributed by atoms with E-state index in [1.165, 1.54) is 0 Å². The van der Waals surface area contributed by atoms with Crippen LogP contribution in [0.4, 0.5) is 0 Å². The molecule has 2 rings (SSSR count). The van der Waals surface area contributed by atoms with Gasteiger partial charge in [0.05, 0.1) is 0 Å². The van der Waals surface area contributed by atoms with Crippen molar-refractivity contribution in [3.8, 4) is 11.5 Å². The average molecular weight is 258 g/mol. The summed E-state index contributed by atoms with van der Waals surface area (Å²) in [6.07, 6.45) is -0.685. The maximum atomic E-state index is 10.3. The van der Waals surface area contributed by atoms with Crippen LogP contribution in [-0.2, 0) is 9.53 Å². The van der Waals surface area contributed by atoms with Crippen molar-refractivity contribution < 1.29 is 19.0 Å². The third kappa shape index (κ3) is 4.35. The first-order chi connectivity index (χ1) is 9.38. The predicted molar refractivity (Wildman–Crippen MR) is 69.9 cm³/mol. The van der Waals surface area contributed by atoms with Crippen molar-refractivity contribution in [2.45, 2.75) is 6.29 Å². The van der Waals surface area contributed by atoms with E-state index in [9.17, 15) is 4.79 Å². The van der Waals surface area contributed by atoms with Crippen molar-refractivity contribution in [2.24, 2.45) is 0 Å². The molecule has 0 bridgehead atoms. The Morgan fingerprint density at radius 2 is 1.32 bits per heavy atom. The lowest BCUT2D eigenvalue weighted by Gasteiger charge is -2.19. The van der Waals surface area contributed by atoms with Gasteiger partial charge in [-0.1, -0.05) is 36.4 Å². The SMILES string of the molecule is O=COCC(Oc1ccccc1)Oc1ccccc1. The van der Waals surface area contributed by atoms with Crippen molar-refractivity contribution in [1.82, 2.24) is 0 Å². The van der Waals surface area contributed by atoms with Gasteiger partial charge in [0.1, 0.15) is 11.5 Å². The monoisotopic (exact) mass is 258 g/mol. The molecule has 0 fully saturated rings. The number of rotatable bonds is 7. The molecule has 0 aliphatic heterocycles. The lowest BCUT2D eigenvalue weighted by molar-refractivity contribution is -0.136. The first kappa shape index (κ1) is 13.0. The van der Waals surface area contributed by atoms with E-state index in [2.05, 4.69) is 0 Å². The zero-order valence-corrected chi connectivity index (χ0v) is 10.3. The zero-order chi connectivity index (χ0) is 13.3. The van der Waals surface area contributed by atoms with E-state index in [4.69, 9.17) is 14.2 Å². The number of carbonyl (C=O) groups excluding carboxylic acids is 1. The highest BCUT2D eigenvalue weighted by atomic mass is 16.7. The summed E-state index contributed by atoms with van der Waals surface area (Å²) in [6, 6.07) is 18.4. The van der Waals surface area contributed by atoms with Crippen molar-refractivity contribution in [3.05, 3.63) is 60.7 Å². The van der Waals surface area contributed by atoms with E-state index < -0.39 is 6.29 Å². The first-order valence-electron chi connectivity index (χ1n) is 5.87. The normalized spacial score (nSPS) is 9.95. The Hall–Kier alpha value is -2.49. The van der Waals surface area contributed by atoms with Gasteiger partial charge in [0.2, 0.25) is 0 Å². The van der Waals surface area contributed by atoms with Gasteiger partial charge in [-0.05, 0) is 24.3 Å². The Balaban J connectivity index is 2.01. The number of benzene rings is 2. The Morgan fingerprint density at radius 3 is 1.74 bits per heavy atom. The summed E-state index contributed by atoms with van der Waals surface area (Å²) in [6.45, 7) is 0.392. The molecule has 2 aromatic rings. The molecule has 0 atom stereocenters. The lowest BCUT2D eigenvalue weighted by atomic mass is 10.3. The molecule has 0 aliphatic carbocycles. The molecule has 0 amide bonds. The van der Waals surface area contributed by atoms with Gasteiger partial charge in [-0.15, -0.1) is 0 Å². The van der Waals surface area contributed by atoms with Gasteiger partial charge in [0, 0.05) is 0 Å². The summed E-state index contributed by atoms with van der Waals surface area (Å²) in [5.74, 6) is 1.30. The van der Waals surface area contributed by atoms with Crippen LogP contribution in [0.25, 0.3) is 0 Å². The number of ether oxygens (including phenoxy) is 3. The van der Waals surface area contributed by atoms with Crippen LogP contribution in [0.2, 0.25) is 0 Å². The number of carbonyl (C=O) groups is 1. The van der Waals surface area contributed by atoms with Crippen LogP contribution in [0, 0.1) is 0 Å². The van der Waals surface area contributed by atoms with Crippen LogP contribution >= 0.6 is 0 Å². The minimum absolute atomic E-state index is 0.0211. The molecular formula is C15H14O4. The molecule has 0 aliphatic rings. The molecule has 0 N–H and O–H groups in total. The van der Waals surface area contributed by atoms with Gasteiger partial charge in [-0.2, -0.15) is 0 Å². The fourth-order valence-electron chi connectivity index (χ4n) is 1.51. The Morgan fingerprint density at radius 1 is 0.842 bits per heavy atom. The molecular weight excluding hydrogens is 244 g/mol. The third-order valence-corrected chi connectivity index (χ3v) is 2.32. The predicted octanol–water partition coefficient (Wildman–Crippen LogP) is 2.64. The van der Waals surface area contributed by atoms with Crippen LogP contribution < -0.4 is 9.47 Å². The van der Waals surface area contributed by atoms with Crippen molar-refractivity contribution in [2.75, 3.05) is 6.61 Å². The summed E-state index contributed by atoms with van der Waals surface area (Å²) in [5.41, 5.74) is 0. The molecule has 0 heterocycles. The van der Waals surface area contributed by atoms with E-state index in [1.54, 1.807) is 0 Å². The van der Waals surface area contributed by atoms with Crippen LogP contribution in [0.1, 0.15) is 0 Å². The van der Waals surface area contributed by atoms with Crippen LogP contribution in [-0.4, -0.2) is 19.4 Å².